The standard InChI is InChI=1S/C36H40BrN3O5S/c1-26(2)23-38-36(42)33(22-28-12-7-5-8-13-28)39(24-29-14-11-15-30(37)21-29)35(41)25-40(32-20-27(3)18-19-34(32)45-4)46(43,44)31-16-9-6-10-17-31/h5-21,26,33H,22-25H2,1-4H3,(H,38,42)/t33-/m0/s1. The molecule has 242 valence electrons. The highest BCUT2D eigenvalue weighted by Gasteiger charge is 2.35. The lowest BCUT2D eigenvalue weighted by molar-refractivity contribution is -0.140. The van der Waals surface area contributed by atoms with Crippen LogP contribution in [0.3, 0.4) is 0 Å². The van der Waals surface area contributed by atoms with Crippen LogP contribution in [0.1, 0.15) is 30.5 Å². The number of amides is 2. The lowest BCUT2D eigenvalue weighted by atomic mass is 10.0. The molecular formula is C36H40BrN3O5S. The molecule has 4 aromatic rings. The number of aryl methyl sites for hydroxylation is 1. The predicted octanol–water partition coefficient (Wildman–Crippen LogP) is 6.37. The maximum absolute atomic E-state index is 14.6. The zero-order valence-electron chi connectivity index (χ0n) is 26.5. The Labute approximate surface area is 280 Å². The average Bonchev–Trinajstić information content (AvgIpc) is 3.04. The number of carbonyl (C=O) groups is 2. The summed E-state index contributed by atoms with van der Waals surface area (Å²) in [5, 5.41) is 3.01. The molecule has 10 heteroatoms. The Balaban J connectivity index is 1.84. The smallest absolute Gasteiger partial charge is 0.264 e. The van der Waals surface area contributed by atoms with Crippen molar-refractivity contribution in [3.63, 3.8) is 0 Å². The highest BCUT2D eigenvalue weighted by molar-refractivity contribution is 9.10. The molecule has 4 aromatic carbocycles. The molecule has 0 aliphatic carbocycles. The number of methoxy groups -OCH3 is 1. The van der Waals surface area contributed by atoms with Crippen LogP contribution in [0.25, 0.3) is 0 Å². The molecule has 0 aliphatic rings. The van der Waals surface area contributed by atoms with Gasteiger partial charge in [0, 0.05) is 24.0 Å². The quantitative estimate of drug-likeness (QED) is 0.164. The fourth-order valence-electron chi connectivity index (χ4n) is 5.04. The minimum absolute atomic E-state index is 0.0282. The van der Waals surface area contributed by atoms with Gasteiger partial charge in [0.05, 0.1) is 17.7 Å². The maximum Gasteiger partial charge on any atom is 0.264 e. The van der Waals surface area contributed by atoms with Crippen LogP contribution >= 0.6 is 15.9 Å². The van der Waals surface area contributed by atoms with Gasteiger partial charge in [-0.1, -0.05) is 96.5 Å². The predicted molar refractivity (Wildman–Crippen MR) is 185 cm³/mol. The SMILES string of the molecule is COc1ccc(C)cc1N(CC(=O)N(Cc1cccc(Br)c1)[C@@H](Cc1ccccc1)C(=O)NCC(C)C)S(=O)(=O)c1ccccc1. The van der Waals surface area contributed by atoms with Gasteiger partial charge < -0.3 is 15.0 Å². The van der Waals surface area contributed by atoms with Gasteiger partial charge in [-0.15, -0.1) is 0 Å². The lowest BCUT2D eigenvalue weighted by Gasteiger charge is -2.34. The molecular weight excluding hydrogens is 666 g/mol. The minimum Gasteiger partial charge on any atom is -0.495 e. The Kier molecular flexibility index (Phi) is 12.0. The number of hydrogen-bond donors (Lipinski definition) is 1. The molecule has 0 aromatic heterocycles. The van der Waals surface area contributed by atoms with E-state index in [0.29, 0.717) is 12.3 Å². The van der Waals surface area contributed by atoms with E-state index in [-0.39, 0.29) is 35.4 Å². The van der Waals surface area contributed by atoms with Gasteiger partial charge in [0.1, 0.15) is 18.3 Å². The molecule has 0 saturated carbocycles. The minimum atomic E-state index is -4.24. The maximum atomic E-state index is 14.6. The third kappa shape index (κ3) is 8.98. The van der Waals surface area contributed by atoms with Crippen LogP contribution in [0.4, 0.5) is 5.69 Å². The number of nitrogens with zero attached hydrogens (tertiary/aromatic N) is 2. The molecule has 0 unspecified atom stereocenters. The molecule has 0 heterocycles. The fraction of sp³-hybridized carbons (Fsp3) is 0.278. The Hall–Kier alpha value is -4.15. The average molecular weight is 707 g/mol. The van der Waals surface area contributed by atoms with Gasteiger partial charge in [-0.3, -0.25) is 13.9 Å². The third-order valence-electron chi connectivity index (χ3n) is 7.41. The first kappa shape index (κ1) is 34.7. The van der Waals surface area contributed by atoms with Crippen LogP contribution in [-0.4, -0.2) is 51.4 Å². The molecule has 4 rings (SSSR count). The van der Waals surface area contributed by atoms with E-state index in [2.05, 4.69) is 21.2 Å². The molecule has 0 saturated heterocycles. The van der Waals surface area contributed by atoms with Crippen LogP contribution in [0.5, 0.6) is 5.75 Å². The molecule has 1 atom stereocenters. The van der Waals surface area contributed by atoms with E-state index < -0.39 is 28.5 Å². The molecule has 0 spiro atoms. The van der Waals surface area contributed by atoms with Crippen LogP contribution in [0.15, 0.2) is 112 Å². The summed E-state index contributed by atoms with van der Waals surface area (Å²) in [6, 6.07) is 29.2. The third-order valence-corrected chi connectivity index (χ3v) is 9.68. The highest BCUT2D eigenvalue weighted by Crippen LogP contribution is 2.34. The van der Waals surface area contributed by atoms with Gasteiger partial charge in [-0.25, -0.2) is 8.42 Å². The van der Waals surface area contributed by atoms with Crippen molar-refractivity contribution in [2.24, 2.45) is 5.92 Å². The molecule has 0 fully saturated rings. The van der Waals surface area contributed by atoms with Crippen molar-refractivity contribution >= 4 is 43.5 Å². The van der Waals surface area contributed by atoms with Gasteiger partial charge in [0.2, 0.25) is 11.8 Å². The summed E-state index contributed by atoms with van der Waals surface area (Å²) < 4.78 is 36.0. The van der Waals surface area contributed by atoms with Crippen molar-refractivity contribution in [3.8, 4) is 5.75 Å². The number of rotatable bonds is 14. The summed E-state index contributed by atoms with van der Waals surface area (Å²) in [6.07, 6.45) is 0.240. The summed E-state index contributed by atoms with van der Waals surface area (Å²) in [6.45, 7) is 5.78. The van der Waals surface area contributed by atoms with E-state index in [9.17, 15) is 18.0 Å². The molecule has 0 radical (unpaired) electrons. The van der Waals surface area contributed by atoms with Crippen LogP contribution in [0, 0.1) is 12.8 Å². The number of carbonyl (C=O) groups excluding carboxylic acids is 2. The van der Waals surface area contributed by atoms with Gasteiger partial charge in [0.15, 0.2) is 0 Å². The number of nitrogens with one attached hydrogen (secondary N) is 1. The first-order valence-corrected chi connectivity index (χ1v) is 17.3. The van der Waals surface area contributed by atoms with Gasteiger partial charge in [-0.2, -0.15) is 0 Å². The molecule has 0 aliphatic heterocycles. The first-order valence-electron chi connectivity index (χ1n) is 15.1. The lowest BCUT2D eigenvalue weighted by Crippen LogP contribution is -2.53. The van der Waals surface area contributed by atoms with E-state index in [1.54, 1.807) is 30.3 Å². The van der Waals surface area contributed by atoms with E-state index in [4.69, 9.17) is 4.74 Å². The zero-order valence-corrected chi connectivity index (χ0v) is 28.9. The Morgan fingerprint density at radius 3 is 2.15 bits per heavy atom. The number of hydrogen-bond acceptors (Lipinski definition) is 5. The second-order valence-electron chi connectivity index (χ2n) is 11.5. The van der Waals surface area contributed by atoms with Gasteiger partial charge in [0.25, 0.3) is 10.0 Å². The van der Waals surface area contributed by atoms with E-state index in [1.165, 1.54) is 24.1 Å². The Bertz CT molecular complexity index is 1730. The van der Waals surface area contributed by atoms with Crippen LogP contribution in [-0.2, 0) is 32.6 Å². The molecule has 8 nitrogen and oxygen atoms in total. The molecule has 0 bridgehead atoms. The van der Waals surface area contributed by atoms with E-state index in [0.717, 1.165) is 25.5 Å². The van der Waals surface area contributed by atoms with Crippen LogP contribution in [0.2, 0.25) is 0 Å². The van der Waals surface area contributed by atoms with Crippen molar-refractivity contribution in [3.05, 3.63) is 124 Å². The van der Waals surface area contributed by atoms with Crippen molar-refractivity contribution in [2.45, 2.75) is 44.7 Å². The second kappa shape index (κ2) is 15.9. The molecule has 2 amide bonds. The summed E-state index contributed by atoms with van der Waals surface area (Å²) in [5.41, 5.74) is 2.67. The van der Waals surface area contributed by atoms with Crippen LogP contribution < -0.4 is 14.4 Å². The van der Waals surface area contributed by atoms with E-state index >= 15 is 0 Å². The zero-order chi connectivity index (χ0) is 33.3. The number of ether oxygens (including phenoxy) is 1. The number of benzene rings is 4. The first-order chi connectivity index (χ1) is 22.0. The van der Waals surface area contributed by atoms with Crippen molar-refractivity contribution in [1.82, 2.24) is 10.2 Å². The van der Waals surface area contributed by atoms with Crippen molar-refractivity contribution in [2.75, 3.05) is 24.5 Å². The second-order valence-corrected chi connectivity index (χ2v) is 14.3. The monoisotopic (exact) mass is 705 g/mol. The normalized spacial score (nSPS) is 12.0. The van der Waals surface area contributed by atoms with Gasteiger partial charge in [-0.05, 0) is 65.9 Å². The fourth-order valence-corrected chi connectivity index (χ4v) is 6.92. The highest BCUT2D eigenvalue weighted by atomic mass is 79.9. The summed E-state index contributed by atoms with van der Waals surface area (Å²) in [5.74, 6) is -0.363. The Morgan fingerprint density at radius 1 is 0.870 bits per heavy atom. The molecule has 1 N–H and O–H groups in total. The van der Waals surface area contributed by atoms with Crippen molar-refractivity contribution in [1.29, 1.82) is 0 Å². The summed E-state index contributed by atoms with van der Waals surface area (Å²) in [4.78, 5) is 30.1. The number of sulfonamides is 1. The molecule has 46 heavy (non-hydrogen) atoms. The topological polar surface area (TPSA) is 96.0 Å². The van der Waals surface area contributed by atoms with E-state index in [1.807, 2.05) is 81.4 Å². The number of halogens is 1. The Morgan fingerprint density at radius 2 is 1.52 bits per heavy atom. The summed E-state index contributed by atoms with van der Waals surface area (Å²) in [7, 11) is -2.78. The largest absolute Gasteiger partial charge is 0.495 e. The number of anilines is 1. The van der Waals surface area contributed by atoms with Gasteiger partial charge >= 0.3 is 0 Å². The van der Waals surface area contributed by atoms with Crippen molar-refractivity contribution < 1.29 is 22.7 Å². The summed E-state index contributed by atoms with van der Waals surface area (Å²) >= 11 is 3.51.